The van der Waals surface area contributed by atoms with Crippen LogP contribution >= 0.6 is 11.6 Å². The van der Waals surface area contributed by atoms with Gasteiger partial charge in [-0.15, -0.1) is 0 Å². The van der Waals surface area contributed by atoms with E-state index in [9.17, 15) is 9.90 Å². The summed E-state index contributed by atoms with van der Waals surface area (Å²) in [6.45, 7) is 0.212. The molecule has 3 nitrogen and oxygen atoms in total. The fourth-order valence-corrected chi connectivity index (χ4v) is 2.80. The second kappa shape index (κ2) is 4.37. The third-order valence-corrected chi connectivity index (χ3v) is 3.69. The fourth-order valence-electron chi connectivity index (χ4n) is 2.63. The first-order valence-corrected chi connectivity index (χ1v) is 6.22. The molecule has 0 radical (unpaired) electrons. The number of benzene rings is 2. The molecule has 0 amide bonds. The zero-order valence-corrected chi connectivity index (χ0v) is 10.7. The summed E-state index contributed by atoms with van der Waals surface area (Å²) >= 11 is 6.01. The van der Waals surface area contributed by atoms with E-state index in [0.717, 1.165) is 16.7 Å². The van der Waals surface area contributed by atoms with Crippen molar-refractivity contribution in [2.45, 2.75) is 5.60 Å². The summed E-state index contributed by atoms with van der Waals surface area (Å²) in [4.78, 5) is 10.4. The van der Waals surface area contributed by atoms with Gasteiger partial charge in [-0.2, -0.15) is 0 Å². The Morgan fingerprint density at radius 3 is 2.68 bits per heavy atom. The van der Waals surface area contributed by atoms with Gasteiger partial charge in [-0.05, 0) is 28.8 Å². The van der Waals surface area contributed by atoms with E-state index in [1.807, 2.05) is 30.3 Å². The van der Waals surface area contributed by atoms with Crippen LogP contribution < -0.4 is 0 Å². The van der Waals surface area contributed by atoms with Gasteiger partial charge < -0.3 is 9.84 Å². The Balaban J connectivity index is 2.25. The van der Waals surface area contributed by atoms with E-state index in [4.69, 9.17) is 16.3 Å². The molecule has 96 valence electrons. The highest BCUT2D eigenvalue weighted by Gasteiger charge is 2.42. The maximum atomic E-state index is 10.9. The Morgan fingerprint density at radius 2 is 1.89 bits per heavy atom. The van der Waals surface area contributed by atoms with Gasteiger partial charge in [0.2, 0.25) is 0 Å². The molecule has 4 heteroatoms. The molecule has 0 heterocycles. The number of ether oxygens (including phenoxy) is 1. The van der Waals surface area contributed by atoms with Crippen molar-refractivity contribution < 1.29 is 14.6 Å². The first-order chi connectivity index (χ1) is 9.16. The molecule has 0 saturated heterocycles. The molecular formula is C15H11ClO3. The predicted octanol–water partition coefficient (Wildman–Crippen LogP) is 2.73. The highest BCUT2D eigenvalue weighted by Crippen LogP contribution is 2.48. The van der Waals surface area contributed by atoms with Gasteiger partial charge in [-0.1, -0.05) is 41.9 Å². The Bertz CT molecular complexity index is 654. The minimum Gasteiger partial charge on any atom is -0.464 e. The summed E-state index contributed by atoms with van der Waals surface area (Å²) in [6, 6.07) is 12.9. The van der Waals surface area contributed by atoms with E-state index < -0.39 is 5.60 Å². The lowest BCUT2D eigenvalue weighted by Gasteiger charge is -2.24. The molecule has 0 spiro atoms. The molecule has 2 aromatic carbocycles. The molecule has 0 saturated carbocycles. The van der Waals surface area contributed by atoms with Crippen molar-refractivity contribution in [3.05, 3.63) is 58.6 Å². The topological polar surface area (TPSA) is 46.5 Å². The van der Waals surface area contributed by atoms with E-state index in [0.29, 0.717) is 17.1 Å². The van der Waals surface area contributed by atoms with Gasteiger partial charge in [0.15, 0.2) is 0 Å². The number of carbonyl (C=O) groups is 1. The van der Waals surface area contributed by atoms with Crippen molar-refractivity contribution >= 4 is 18.1 Å². The highest BCUT2D eigenvalue weighted by atomic mass is 35.5. The largest absolute Gasteiger partial charge is 0.464 e. The van der Waals surface area contributed by atoms with Crippen molar-refractivity contribution in [3.63, 3.8) is 0 Å². The number of fused-ring (bicyclic) bond motifs is 3. The molecule has 0 bridgehead atoms. The first-order valence-electron chi connectivity index (χ1n) is 5.84. The second-order valence-electron chi connectivity index (χ2n) is 4.50. The smallest absolute Gasteiger partial charge is 0.293 e. The summed E-state index contributed by atoms with van der Waals surface area (Å²) in [7, 11) is 0. The molecule has 19 heavy (non-hydrogen) atoms. The fraction of sp³-hybridized carbons (Fsp3) is 0.133. The lowest BCUT2D eigenvalue weighted by atomic mass is 9.92. The van der Waals surface area contributed by atoms with Crippen LogP contribution in [0, 0.1) is 0 Å². The third-order valence-electron chi connectivity index (χ3n) is 3.45. The summed E-state index contributed by atoms with van der Waals surface area (Å²) < 4.78 is 4.80. The molecule has 1 aliphatic carbocycles. The average Bonchev–Trinajstić information content (AvgIpc) is 2.67. The van der Waals surface area contributed by atoms with Crippen molar-refractivity contribution in [1.82, 2.24) is 0 Å². The van der Waals surface area contributed by atoms with E-state index in [1.165, 1.54) is 0 Å². The minimum atomic E-state index is -1.34. The van der Waals surface area contributed by atoms with Crippen LogP contribution in [0.25, 0.3) is 11.1 Å². The van der Waals surface area contributed by atoms with E-state index in [-0.39, 0.29) is 6.61 Å². The van der Waals surface area contributed by atoms with Gasteiger partial charge in [0.1, 0.15) is 12.2 Å². The molecule has 0 fully saturated rings. The molecule has 0 aromatic heterocycles. The van der Waals surface area contributed by atoms with E-state index >= 15 is 0 Å². The van der Waals surface area contributed by atoms with Gasteiger partial charge in [0, 0.05) is 10.6 Å². The molecule has 0 aliphatic heterocycles. The number of hydrogen-bond acceptors (Lipinski definition) is 3. The summed E-state index contributed by atoms with van der Waals surface area (Å²) in [6.07, 6.45) is 0. The summed E-state index contributed by atoms with van der Waals surface area (Å²) in [5, 5.41) is 11.4. The summed E-state index contributed by atoms with van der Waals surface area (Å²) in [5.41, 5.74) is 1.91. The molecule has 1 aliphatic rings. The lowest BCUT2D eigenvalue weighted by molar-refractivity contribution is -0.134. The van der Waals surface area contributed by atoms with Gasteiger partial charge in [-0.3, -0.25) is 4.79 Å². The Kier molecular flexibility index (Phi) is 2.81. The zero-order chi connectivity index (χ0) is 13.5. The lowest BCUT2D eigenvalue weighted by Crippen LogP contribution is -2.30. The van der Waals surface area contributed by atoms with Gasteiger partial charge in [0.25, 0.3) is 6.47 Å². The minimum absolute atomic E-state index is 0.124. The zero-order valence-electron chi connectivity index (χ0n) is 9.97. The van der Waals surface area contributed by atoms with Crippen molar-refractivity contribution in [2.24, 2.45) is 0 Å². The summed E-state index contributed by atoms with van der Waals surface area (Å²) in [5.74, 6) is 0. The van der Waals surface area contributed by atoms with Crippen molar-refractivity contribution in [3.8, 4) is 11.1 Å². The van der Waals surface area contributed by atoms with E-state index in [1.54, 1.807) is 12.1 Å². The van der Waals surface area contributed by atoms with Crippen LogP contribution in [0.15, 0.2) is 42.5 Å². The van der Waals surface area contributed by atoms with Crippen LogP contribution in [-0.4, -0.2) is 18.2 Å². The molecule has 1 N–H and O–H groups in total. The molecule has 1 atom stereocenters. The Hall–Kier alpha value is -1.84. The number of hydrogen-bond donors (Lipinski definition) is 1. The van der Waals surface area contributed by atoms with Crippen LogP contribution in [0.1, 0.15) is 11.1 Å². The quantitative estimate of drug-likeness (QED) is 0.876. The van der Waals surface area contributed by atoms with Crippen LogP contribution in [-0.2, 0) is 15.1 Å². The van der Waals surface area contributed by atoms with Crippen LogP contribution in [0.4, 0.5) is 0 Å². The average molecular weight is 275 g/mol. The molecular weight excluding hydrogens is 264 g/mol. The SMILES string of the molecule is O=COCC1(O)c2ccccc2-c2ccc(Cl)cc21. The monoisotopic (exact) mass is 274 g/mol. The number of rotatable bonds is 3. The van der Waals surface area contributed by atoms with Crippen LogP contribution in [0.2, 0.25) is 5.02 Å². The van der Waals surface area contributed by atoms with Crippen molar-refractivity contribution in [1.29, 1.82) is 0 Å². The number of carbonyl (C=O) groups excluding carboxylic acids is 1. The molecule has 3 rings (SSSR count). The van der Waals surface area contributed by atoms with E-state index in [2.05, 4.69) is 0 Å². The second-order valence-corrected chi connectivity index (χ2v) is 4.94. The number of aliphatic hydroxyl groups is 1. The van der Waals surface area contributed by atoms with Crippen LogP contribution in [0.5, 0.6) is 0 Å². The van der Waals surface area contributed by atoms with Crippen molar-refractivity contribution in [2.75, 3.05) is 6.61 Å². The normalized spacial score (nSPS) is 19.7. The Labute approximate surface area is 115 Å². The van der Waals surface area contributed by atoms with Crippen LogP contribution in [0.3, 0.4) is 0 Å². The molecule has 1 unspecified atom stereocenters. The van der Waals surface area contributed by atoms with Gasteiger partial charge in [-0.25, -0.2) is 0 Å². The predicted molar refractivity (Wildman–Crippen MR) is 71.9 cm³/mol. The van der Waals surface area contributed by atoms with Gasteiger partial charge >= 0.3 is 0 Å². The first kappa shape index (κ1) is 12.2. The Morgan fingerprint density at radius 1 is 1.16 bits per heavy atom. The molecule has 2 aromatic rings. The highest BCUT2D eigenvalue weighted by molar-refractivity contribution is 6.30. The number of halogens is 1. The standard InChI is InChI=1S/C15H11ClO3/c16-10-5-6-12-11-3-1-2-4-13(11)15(18,8-19-9-17)14(12)7-10/h1-7,9,18H,8H2. The maximum absolute atomic E-state index is 10.9. The third kappa shape index (κ3) is 1.74. The maximum Gasteiger partial charge on any atom is 0.293 e. The van der Waals surface area contributed by atoms with Gasteiger partial charge in [0.05, 0.1) is 0 Å².